The second-order valence-electron chi connectivity index (χ2n) is 6.18. The van der Waals surface area contributed by atoms with Crippen LogP contribution in [0.25, 0.3) is 22.4 Å². The number of hydrogen-bond donors (Lipinski definition) is 0. The third kappa shape index (κ3) is 2.70. The van der Waals surface area contributed by atoms with Crippen LogP contribution in [0.5, 0.6) is 0 Å². The molecule has 0 unspecified atom stereocenters. The molecule has 4 rings (SSSR count). The van der Waals surface area contributed by atoms with Crippen LogP contribution in [-0.2, 0) is 25.5 Å². The SMILES string of the molecule is FC(F)(F)C1(C(F)(F)F)c2c[c-]c(-c3ccccn3)cc2-c2ccccc21.[Ir]. The first-order valence-corrected chi connectivity index (χ1v) is 7.89. The molecule has 0 spiro atoms. The zero-order valence-corrected chi connectivity index (χ0v) is 16.2. The van der Waals surface area contributed by atoms with Gasteiger partial charge in [-0.2, -0.15) is 26.3 Å². The molecule has 0 fully saturated rings. The molecule has 147 valence electrons. The predicted molar refractivity (Wildman–Crippen MR) is 86.8 cm³/mol. The standard InChI is InChI=1S/C20H10F6N.Ir/c21-19(22,23)18(20(24,25)26)15-6-2-1-5-13(15)14-11-12(8-9-16(14)18)17-7-3-4-10-27-17;/h1-7,9-11H;/q-1;. The van der Waals surface area contributed by atoms with Gasteiger partial charge in [-0.3, -0.25) is 0 Å². The van der Waals surface area contributed by atoms with Gasteiger partial charge < -0.3 is 4.98 Å². The van der Waals surface area contributed by atoms with Crippen molar-refractivity contribution in [3.05, 3.63) is 78.0 Å². The van der Waals surface area contributed by atoms with Gasteiger partial charge in [-0.25, -0.2) is 0 Å². The van der Waals surface area contributed by atoms with Crippen LogP contribution in [0.1, 0.15) is 11.1 Å². The minimum atomic E-state index is -5.56. The summed E-state index contributed by atoms with van der Waals surface area (Å²) in [5.74, 6) is 0. The number of pyridine rings is 1. The van der Waals surface area contributed by atoms with Crippen molar-refractivity contribution in [3.63, 3.8) is 0 Å². The van der Waals surface area contributed by atoms with E-state index in [4.69, 9.17) is 0 Å². The summed E-state index contributed by atoms with van der Waals surface area (Å²) in [4.78, 5) is 4.09. The van der Waals surface area contributed by atoms with Crippen molar-refractivity contribution in [1.29, 1.82) is 0 Å². The molecule has 0 amide bonds. The molecule has 0 saturated carbocycles. The van der Waals surface area contributed by atoms with Crippen molar-refractivity contribution in [2.24, 2.45) is 0 Å². The monoisotopic (exact) mass is 571 g/mol. The Morgan fingerprint density at radius 3 is 2.04 bits per heavy atom. The normalized spacial score (nSPS) is 14.8. The van der Waals surface area contributed by atoms with E-state index >= 15 is 0 Å². The van der Waals surface area contributed by atoms with E-state index in [-0.39, 0.29) is 31.2 Å². The van der Waals surface area contributed by atoms with Crippen molar-refractivity contribution in [1.82, 2.24) is 4.98 Å². The molecule has 1 nitrogen and oxygen atoms in total. The van der Waals surface area contributed by atoms with Crippen molar-refractivity contribution < 1.29 is 46.4 Å². The van der Waals surface area contributed by atoms with Gasteiger partial charge in [0, 0.05) is 26.3 Å². The summed E-state index contributed by atoms with van der Waals surface area (Å²) in [7, 11) is 0. The molecule has 8 heteroatoms. The van der Waals surface area contributed by atoms with E-state index in [0.717, 1.165) is 12.1 Å². The number of rotatable bonds is 1. The van der Waals surface area contributed by atoms with Gasteiger partial charge in [0.2, 0.25) is 0 Å². The van der Waals surface area contributed by atoms with Crippen molar-refractivity contribution in [2.75, 3.05) is 0 Å². The molecule has 1 aliphatic rings. The van der Waals surface area contributed by atoms with Crippen LogP contribution in [-0.4, -0.2) is 17.3 Å². The molecule has 1 radical (unpaired) electrons. The summed E-state index contributed by atoms with van der Waals surface area (Å²) < 4.78 is 83.7. The molecular formula is C20H10F6IrN-. The van der Waals surface area contributed by atoms with Gasteiger partial charge in [-0.05, 0) is 22.9 Å². The fourth-order valence-corrected chi connectivity index (χ4v) is 3.66. The molecular weight excluding hydrogens is 560 g/mol. The Morgan fingerprint density at radius 2 is 1.43 bits per heavy atom. The molecule has 0 aliphatic heterocycles. The zero-order chi connectivity index (χ0) is 19.4. The number of hydrogen-bond acceptors (Lipinski definition) is 1. The fourth-order valence-electron chi connectivity index (χ4n) is 3.66. The predicted octanol–water partition coefficient (Wildman–Crippen LogP) is 5.94. The maximum absolute atomic E-state index is 13.9. The molecule has 1 heterocycles. The van der Waals surface area contributed by atoms with Crippen LogP contribution in [0.3, 0.4) is 0 Å². The molecule has 28 heavy (non-hydrogen) atoms. The number of benzene rings is 2. The van der Waals surface area contributed by atoms with Gasteiger partial charge in [0.25, 0.3) is 0 Å². The molecule has 0 atom stereocenters. The van der Waals surface area contributed by atoms with E-state index in [2.05, 4.69) is 11.1 Å². The van der Waals surface area contributed by atoms with E-state index in [1.54, 1.807) is 18.2 Å². The topological polar surface area (TPSA) is 12.9 Å². The van der Waals surface area contributed by atoms with E-state index in [1.807, 2.05) is 0 Å². The van der Waals surface area contributed by atoms with E-state index in [1.165, 1.54) is 30.5 Å². The summed E-state index contributed by atoms with van der Waals surface area (Å²) in [6.45, 7) is 0. The first-order valence-electron chi connectivity index (χ1n) is 7.89. The molecule has 3 aromatic rings. The smallest absolute Gasteiger partial charge is 0.305 e. The van der Waals surface area contributed by atoms with Crippen molar-refractivity contribution in [3.8, 4) is 22.4 Å². The summed E-state index contributed by atoms with van der Waals surface area (Å²) in [6, 6.07) is 14.3. The Morgan fingerprint density at radius 1 is 0.786 bits per heavy atom. The van der Waals surface area contributed by atoms with Gasteiger partial charge in [-0.1, -0.05) is 47.5 Å². The van der Waals surface area contributed by atoms with E-state index < -0.39 is 28.9 Å². The molecule has 0 N–H and O–H groups in total. The minimum absolute atomic E-state index is 0. The molecule has 1 aromatic heterocycles. The quantitative estimate of drug-likeness (QED) is 0.261. The number of halogens is 6. The second kappa shape index (κ2) is 6.71. The number of nitrogens with zero attached hydrogens (tertiary/aromatic N) is 1. The average Bonchev–Trinajstić information content (AvgIpc) is 2.93. The largest absolute Gasteiger partial charge is 0.403 e. The Balaban J connectivity index is 0.00000225. The van der Waals surface area contributed by atoms with Crippen LogP contribution in [0.4, 0.5) is 26.3 Å². The van der Waals surface area contributed by atoms with Crippen LogP contribution < -0.4 is 0 Å². The van der Waals surface area contributed by atoms with E-state index in [9.17, 15) is 26.3 Å². The summed E-state index contributed by atoms with van der Waals surface area (Å²) >= 11 is 0. The third-order valence-electron chi connectivity index (χ3n) is 4.77. The van der Waals surface area contributed by atoms with Crippen LogP contribution in [0.2, 0.25) is 0 Å². The van der Waals surface area contributed by atoms with E-state index in [0.29, 0.717) is 11.3 Å². The van der Waals surface area contributed by atoms with Gasteiger partial charge >= 0.3 is 12.4 Å². The molecule has 1 aliphatic carbocycles. The molecule has 2 aromatic carbocycles. The zero-order valence-electron chi connectivity index (χ0n) is 13.8. The minimum Gasteiger partial charge on any atom is -0.305 e. The van der Waals surface area contributed by atoms with Crippen molar-refractivity contribution in [2.45, 2.75) is 17.8 Å². The third-order valence-corrected chi connectivity index (χ3v) is 4.77. The van der Waals surface area contributed by atoms with Crippen LogP contribution >= 0.6 is 0 Å². The Kier molecular flexibility index (Phi) is 4.92. The summed E-state index contributed by atoms with van der Waals surface area (Å²) in [6.07, 6.45) is -9.64. The van der Waals surface area contributed by atoms with Gasteiger partial charge in [0.1, 0.15) is 0 Å². The van der Waals surface area contributed by atoms with Crippen LogP contribution in [0.15, 0.2) is 60.8 Å². The van der Waals surface area contributed by atoms with Crippen LogP contribution in [0, 0.1) is 6.07 Å². The maximum atomic E-state index is 13.9. The molecule has 0 saturated heterocycles. The summed E-state index contributed by atoms with van der Waals surface area (Å²) in [5.41, 5.74) is -5.22. The number of fused-ring (bicyclic) bond motifs is 3. The Labute approximate surface area is 169 Å². The first-order chi connectivity index (χ1) is 12.7. The Bertz CT molecular complexity index is 997. The number of alkyl halides is 6. The van der Waals surface area contributed by atoms with Gasteiger partial charge in [0.05, 0.1) is 0 Å². The first kappa shape index (κ1) is 20.6. The fraction of sp³-hybridized carbons (Fsp3) is 0.150. The molecule has 0 bridgehead atoms. The summed E-state index contributed by atoms with van der Waals surface area (Å²) in [5, 5.41) is 0. The number of aromatic nitrogens is 1. The maximum Gasteiger partial charge on any atom is 0.403 e. The van der Waals surface area contributed by atoms with Gasteiger partial charge in [0.15, 0.2) is 5.41 Å². The average molecular weight is 571 g/mol. The van der Waals surface area contributed by atoms with Gasteiger partial charge in [-0.15, -0.1) is 23.8 Å². The Hall–Kier alpha value is -2.18. The van der Waals surface area contributed by atoms with Crippen molar-refractivity contribution >= 4 is 0 Å². The second-order valence-corrected chi connectivity index (χ2v) is 6.18.